The Kier molecular flexibility index (Phi) is 3.83. The Hall–Kier alpha value is -1.16. The van der Waals surface area contributed by atoms with Crippen LogP contribution in [0.4, 0.5) is 0 Å². The van der Waals surface area contributed by atoms with Gasteiger partial charge in [-0.15, -0.1) is 11.3 Å². The zero-order valence-electron chi connectivity index (χ0n) is 7.95. The number of carboxylic acids is 1. The Bertz CT molecular complexity index is 341. The highest BCUT2D eigenvalue weighted by Gasteiger charge is 2.10. The lowest BCUT2D eigenvalue weighted by Gasteiger charge is -1.97. The molecule has 14 heavy (non-hydrogen) atoms. The van der Waals surface area contributed by atoms with E-state index in [4.69, 9.17) is 5.11 Å². The lowest BCUT2D eigenvalue weighted by molar-refractivity contribution is -0.137. The van der Waals surface area contributed by atoms with Crippen LogP contribution in [0.25, 0.3) is 0 Å². The number of hydrogen-bond acceptors (Lipinski definition) is 3. The molecular formula is C10H12O3S. The molecule has 0 aromatic carbocycles. The lowest BCUT2D eigenvalue weighted by Crippen LogP contribution is -2.01. The second-order valence-corrected chi connectivity index (χ2v) is 4.02. The topological polar surface area (TPSA) is 54.4 Å². The molecule has 1 rings (SSSR count). The van der Waals surface area contributed by atoms with Crippen molar-refractivity contribution in [3.05, 3.63) is 21.9 Å². The van der Waals surface area contributed by atoms with Gasteiger partial charge in [0.25, 0.3) is 0 Å². The summed E-state index contributed by atoms with van der Waals surface area (Å²) in [4.78, 5) is 22.5. The first kappa shape index (κ1) is 10.9. The molecule has 0 aliphatic rings. The number of carboxylic acid groups (broad SMARTS) is 1. The van der Waals surface area contributed by atoms with Crippen LogP contribution in [0, 0.1) is 6.92 Å². The van der Waals surface area contributed by atoms with E-state index in [0.717, 1.165) is 10.4 Å². The van der Waals surface area contributed by atoms with E-state index in [1.54, 1.807) is 0 Å². The predicted molar refractivity (Wildman–Crippen MR) is 54.9 cm³/mol. The molecule has 1 aromatic rings. The van der Waals surface area contributed by atoms with Crippen molar-refractivity contribution in [2.75, 3.05) is 0 Å². The summed E-state index contributed by atoms with van der Waals surface area (Å²) in [5, 5.41) is 10.3. The van der Waals surface area contributed by atoms with Gasteiger partial charge in [0, 0.05) is 12.8 Å². The van der Waals surface area contributed by atoms with Gasteiger partial charge in [-0.1, -0.05) is 0 Å². The molecule has 0 radical (unpaired) electrons. The molecule has 0 aliphatic carbocycles. The molecule has 0 amide bonds. The minimum atomic E-state index is -0.847. The summed E-state index contributed by atoms with van der Waals surface area (Å²) in [6.45, 7) is 1.89. The second-order valence-electron chi connectivity index (χ2n) is 3.10. The van der Waals surface area contributed by atoms with Crippen LogP contribution < -0.4 is 0 Å². The van der Waals surface area contributed by atoms with E-state index >= 15 is 0 Å². The summed E-state index contributed by atoms with van der Waals surface area (Å²) in [6, 6.07) is 1.90. The summed E-state index contributed by atoms with van der Waals surface area (Å²) < 4.78 is 0. The molecule has 1 N–H and O–H groups in total. The van der Waals surface area contributed by atoms with Gasteiger partial charge in [-0.3, -0.25) is 9.59 Å². The van der Waals surface area contributed by atoms with Gasteiger partial charge in [-0.05, 0) is 30.4 Å². The quantitative estimate of drug-likeness (QED) is 0.763. The predicted octanol–water partition coefficient (Wildman–Crippen LogP) is 2.49. The highest BCUT2D eigenvalue weighted by Crippen LogP contribution is 2.18. The van der Waals surface area contributed by atoms with E-state index in [9.17, 15) is 9.59 Å². The maximum absolute atomic E-state index is 11.5. The van der Waals surface area contributed by atoms with Gasteiger partial charge in [0.1, 0.15) is 0 Å². The Labute approximate surface area is 86.4 Å². The molecule has 0 spiro atoms. The van der Waals surface area contributed by atoms with E-state index in [-0.39, 0.29) is 12.2 Å². The van der Waals surface area contributed by atoms with Crippen LogP contribution in [0.5, 0.6) is 0 Å². The van der Waals surface area contributed by atoms with Crippen molar-refractivity contribution in [3.8, 4) is 0 Å². The van der Waals surface area contributed by atoms with Gasteiger partial charge in [0.2, 0.25) is 0 Å². The zero-order valence-corrected chi connectivity index (χ0v) is 8.76. The van der Waals surface area contributed by atoms with Gasteiger partial charge in [-0.2, -0.15) is 0 Å². The monoisotopic (exact) mass is 212 g/mol. The average molecular weight is 212 g/mol. The fraction of sp³-hybridized carbons (Fsp3) is 0.400. The molecule has 0 bridgehead atoms. The van der Waals surface area contributed by atoms with Crippen molar-refractivity contribution >= 4 is 23.1 Å². The largest absolute Gasteiger partial charge is 0.481 e. The second kappa shape index (κ2) is 4.91. The van der Waals surface area contributed by atoms with Crippen LogP contribution >= 0.6 is 11.3 Å². The molecule has 0 aliphatic heterocycles. The Morgan fingerprint density at radius 3 is 2.64 bits per heavy atom. The summed E-state index contributed by atoms with van der Waals surface area (Å²) in [5.41, 5.74) is 0.982. The molecule has 1 aromatic heterocycles. The van der Waals surface area contributed by atoms with Crippen LogP contribution in [-0.4, -0.2) is 16.9 Å². The minimum absolute atomic E-state index is 0.0544. The first-order valence-corrected chi connectivity index (χ1v) is 5.28. The zero-order chi connectivity index (χ0) is 10.6. The molecule has 1 heterocycles. The molecule has 76 valence electrons. The Morgan fingerprint density at radius 1 is 1.43 bits per heavy atom. The third-order valence-corrected chi connectivity index (χ3v) is 2.97. The van der Waals surface area contributed by atoms with Gasteiger partial charge in [0.15, 0.2) is 5.78 Å². The first-order valence-electron chi connectivity index (χ1n) is 4.40. The molecule has 0 unspecified atom stereocenters. The van der Waals surface area contributed by atoms with Crippen molar-refractivity contribution in [2.45, 2.75) is 26.2 Å². The highest BCUT2D eigenvalue weighted by molar-refractivity contribution is 7.12. The molecule has 0 fully saturated rings. The number of aliphatic carboxylic acids is 1. The summed E-state index contributed by atoms with van der Waals surface area (Å²) >= 11 is 1.42. The molecule has 0 saturated heterocycles. The Morgan fingerprint density at radius 2 is 2.14 bits per heavy atom. The maximum Gasteiger partial charge on any atom is 0.303 e. The number of rotatable bonds is 5. The van der Waals surface area contributed by atoms with Gasteiger partial charge < -0.3 is 5.11 Å². The van der Waals surface area contributed by atoms with Gasteiger partial charge in [-0.25, -0.2) is 0 Å². The van der Waals surface area contributed by atoms with Crippen molar-refractivity contribution in [2.24, 2.45) is 0 Å². The van der Waals surface area contributed by atoms with Crippen molar-refractivity contribution in [3.63, 3.8) is 0 Å². The summed E-state index contributed by atoms with van der Waals surface area (Å²) in [5.74, 6) is -0.792. The van der Waals surface area contributed by atoms with E-state index in [2.05, 4.69) is 0 Å². The number of hydrogen-bond donors (Lipinski definition) is 1. The number of ketones is 1. The molecule has 3 nitrogen and oxygen atoms in total. The van der Waals surface area contributed by atoms with Crippen LogP contribution in [0.1, 0.15) is 34.5 Å². The normalized spacial score (nSPS) is 10.1. The minimum Gasteiger partial charge on any atom is -0.481 e. The van der Waals surface area contributed by atoms with Crippen LogP contribution in [0.3, 0.4) is 0 Å². The van der Waals surface area contributed by atoms with Gasteiger partial charge in [0.05, 0.1) is 4.88 Å². The smallest absolute Gasteiger partial charge is 0.303 e. The fourth-order valence-electron chi connectivity index (χ4n) is 1.17. The average Bonchev–Trinajstić information content (AvgIpc) is 2.50. The summed E-state index contributed by atoms with van der Waals surface area (Å²) in [6.07, 6.45) is 0.815. The lowest BCUT2D eigenvalue weighted by atomic mass is 10.1. The first-order chi connectivity index (χ1) is 6.61. The standard InChI is InChI=1S/C10H12O3S/c1-7-5-6-14-10(7)8(11)3-2-4-9(12)13/h5-6H,2-4H2,1H3,(H,12,13). The number of aryl methyl sites for hydroxylation is 1. The molecular weight excluding hydrogens is 200 g/mol. The number of Topliss-reactive ketones (excluding diaryl/α,β-unsaturated/α-hetero) is 1. The van der Waals surface area contributed by atoms with E-state index < -0.39 is 5.97 Å². The van der Waals surface area contributed by atoms with E-state index in [1.807, 2.05) is 18.4 Å². The number of thiophene rings is 1. The van der Waals surface area contributed by atoms with E-state index in [0.29, 0.717) is 12.8 Å². The summed E-state index contributed by atoms with van der Waals surface area (Å²) in [7, 11) is 0. The Balaban J connectivity index is 2.44. The molecule has 0 saturated carbocycles. The molecule has 4 heteroatoms. The van der Waals surface area contributed by atoms with Crippen LogP contribution in [0.15, 0.2) is 11.4 Å². The van der Waals surface area contributed by atoms with Crippen LogP contribution in [0.2, 0.25) is 0 Å². The van der Waals surface area contributed by atoms with E-state index in [1.165, 1.54) is 11.3 Å². The molecule has 0 atom stereocenters. The number of carbonyl (C=O) groups excluding carboxylic acids is 1. The third-order valence-electron chi connectivity index (χ3n) is 1.91. The maximum atomic E-state index is 11.5. The van der Waals surface area contributed by atoms with Crippen LogP contribution in [-0.2, 0) is 4.79 Å². The van der Waals surface area contributed by atoms with Gasteiger partial charge >= 0.3 is 5.97 Å². The SMILES string of the molecule is Cc1ccsc1C(=O)CCCC(=O)O. The fourth-order valence-corrected chi connectivity index (χ4v) is 2.07. The van der Waals surface area contributed by atoms with Crippen molar-refractivity contribution in [1.29, 1.82) is 0 Å². The number of carbonyl (C=O) groups is 2. The highest BCUT2D eigenvalue weighted by atomic mass is 32.1. The third kappa shape index (κ3) is 2.96. The van der Waals surface area contributed by atoms with Crippen molar-refractivity contribution in [1.82, 2.24) is 0 Å². The van der Waals surface area contributed by atoms with Crippen molar-refractivity contribution < 1.29 is 14.7 Å².